The van der Waals surface area contributed by atoms with E-state index in [2.05, 4.69) is 78.9 Å². The molecule has 6 heteroatoms. The van der Waals surface area contributed by atoms with Crippen molar-refractivity contribution in [2.45, 2.75) is 65.5 Å². The fourth-order valence-electron chi connectivity index (χ4n) is 4.92. The number of H-pyrrole nitrogens is 1. The normalized spacial score (nSPS) is 20.6. The van der Waals surface area contributed by atoms with Crippen LogP contribution < -0.4 is 4.90 Å². The molecule has 1 fully saturated rings. The second-order valence-electron chi connectivity index (χ2n) is 10.3. The zero-order valence-corrected chi connectivity index (χ0v) is 20.7. The number of fused-ring (bicyclic) bond motifs is 1. The maximum absolute atomic E-state index is 13.2. The highest BCUT2D eigenvalue weighted by atomic mass is 16.4. The highest BCUT2D eigenvalue weighted by molar-refractivity contribution is 5.93. The van der Waals surface area contributed by atoms with Gasteiger partial charge in [0.2, 0.25) is 0 Å². The first-order chi connectivity index (χ1) is 15.8. The molecule has 6 nitrogen and oxygen atoms in total. The van der Waals surface area contributed by atoms with Crippen molar-refractivity contribution in [1.82, 2.24) is 14.9 Å². The number of ketones is 1. The second kappa shape index (κ2) is 10.1. The molecule has 0 bridgehead atoms. The molecule has 1 N–H and O–H groups in total. The van der Waals surface area contributed by atoms with Crippen LogP contribution in [-0.2, 0) is 6.42 Å². The van der Waals surface area contributed by atoms with Gasteiger partial charge in [-0.2, -0.15) is 0 Å². The SMILES string of the molecule is CC(C)CCC(CC(=O)c1cnc(N2C[C@@H](C)N(C)[C@@H](C)C2)o1)Cc1c[nH]c2ccccc12. The Morgan fingerprint density at radius 1 is 1.18 bits per heavy atom. The first-order valence-corrected chi connectivity index (χ1v) is 12.3. The molecule has 33 heavy (non-hydrogen) atoms. The summed E-state index contributed by atoms with van der Waals surface area (Å²) in [5.41, 5.74) is 2.43. The zero-order valence-electron chi connectivity index (χ0n) is 20.7. The van der Waals surface area contributed by atoms with Gasteiger partial charge in [0.15, 0.2) is 11.5 Å². The number of hydrogen-bond acceptors (Lipinski definition) is 5. The van der Waals surface area contributed by atoms with Crippen molar-refractivity contribution in [3.8, 4) is 0 Å². The average Bonchev–Trinajstić information content (AvgIpc) is 3.43. The van der Waals surface area contributed by atoms with E-state index < -0.39 is 0 Å². The van der Waals surface area contributed by atoms with Crippen LogP contribution in [0.2, 0.25) is 0 Å². The highest BCUT2D eigenvalue weighted by Gasteiger charge is 2.29. The van der Waals surface area contributed by atoms with Gasteiger partial charge in [-0.25, -0.2) is 4.98 Å². The highest BCUT2D eigenvalue weighted by Crippen LogP contribution is 2.28. The Bertz CT molecular complexity index is 1060. The molecule has 0 saturated carbocycles. The molecular formula is C27H38N4O2. The molecule has 0 spiro atoms. The Kier molecular flexibility index (Phi) is 7.23. The van der Waals surface area contributed by atoms with E-state index in [9.17, 15) is 4.79 Å². The summed E-state index contributed by atoms with van der Waals surface area (Å²) in [4.78, 5) is 25.6. The molecule has 1 aliphatic rings. The molecule has 0 aliphatic carbocycles. The first kappa shape index (κ1) is 23.6. The van der Waals surface area contributed by atoms with Crippen LogP contribution in [0.3, 0.4) is 0 Å². The van der Waals surface area contributed by atoms with Gasteiger partial charge < -0.3 is 14.3 Å². The molecule has 0 radical (unpaired) electrons. The molecule has 178 valence electrons. The quantitative estimate of drug-likeness (QED) is 0.433. The molecule has 0 amide bonds. The molecule has 4 rings (SSSR count). The Hall–Kier alpha value is -2.60. The lowest BCUT2D eigenvalue weighted by Gasteiger charge is -2.41. The van der Waals surface area contributed by atoms with E-state index >= 15 is 0 Å². The summed E-state index contributed by atoms with van der Waals surface area (Å²) in [6.45, 7) is 10.6. The van der Waals surface area contributed by atoms with E-state index in [1.165, 1.54) is 10.9 Å². The number of nitrogens with zero attached hydrogens (tertiary/aromatic N) is 3. The van der Waals surface area contributed by atoms with Gasteiger partial charge in [0.05, 0.1) is 6.20 Å². The van der Waals surface area contributed by atoms with E-state index in [0.29, 0.717) is 36.2 Å². The van der Waals surface area contributed by atoms with Crippen LogP contribution >= 0.6 is 0 Å². The number of Topliss-reactive ketones (excluding diaryl/α,β-unsaturated/α-hetero) is 1. The van der Waals surface area contributed by atoms with Crippen LogP contribution in [0.15, 0.2) is 41.1 Å². The topological polar surface area (TPSA) is 65.4 Å². The number of benzene rings is 1. The Morgan fingerprint density at radius 3 is 2.64 bits per heavy atom. The summed E-state index contributed by atoms with van der Waals surface area (Å²) in [5, 5.41) is 1.25. The third kappa shape index (κ3) is 5.49. The predicted octanol–water partition coefficient (Wildman–Crippen LogP) is 5.55. The Morgan fingerprint density at radius 2 is 1.91 bits per heavy atom. The summed E-state index contributed by atoms with van der Waals surface area (Å²) in [7, 11) is 2.15. The summed E-state index contributed by atoms with van der Waals surface area (Å²) in [6.07, 6.45) is 7.22. The van der Waals surface area contributed by atoms with Crippen LogP contribution in [0.4, 0.5) is 6.01 Å². The number of aromatic nitrogens is 2. The smallest absolute Gasteiger partial charge is 0.297 e. The number of piperazine rings is 1. The van der Waals surface area contributed by atoms with E-state index in [-0.39, 0.29) is 11.7 Å². The van der Waals surface area contributed by atoms with Crippen LogP contribution in [0.5, 0.6) is 0 Å². The van der Waals surface area contributed by atoms with Gasteiger partial charge in [-0.3, -0.25) is 9.69 Å². The lowest BCUT2D eigenvalue weighted by atomic mass is 9.87. The van der Waals surface area contributed by atoms with Gasteiger partial charge in [-0.15, -0.1) is 0 Å². The molecule has 1 unspecified atom stereocenters. The summed E-state index contributed by atoms with van der Waals surface area (Å²) < 4.78 is 5.99. The maximum atomic E-state index is 13.2. The van der Waals surface area contributed by atoms with Gasteiger partial charge in [0.25, 0.3) is 6.01 Å². The molecule has 3 aromatic rings. The largest absolute Gasteiger partial charge is 0.420 e. The van der Waals surface area contributed by atoms with Gasteiger partial charge in [-0.05, 0) is 57.2 Å². The minimum Gasteiger partial charge on any atom is -0.420 e. The number of likely N-dealkylation sites (N-methyl/N-ethyl adjacent to an activating group) is 1. The van der Waals surface area contributed by atoms with Crippen LogP contribution in [0.1, 0.15) is 63.1 Å². The van der Waals surface area contributed by atoms with Crippen LogP contribution in [-0.4, -0.2) is 52.9 Å². The van der Waals surface area contributed by atoms with Gasteiger partial charge >= 0.3 is 0 Å². The molecule has 3 atom stereocenters. The summed E-state index contributed by atoms with van der Waals surface area (Å²) >= 11 is 0. The zero-order chi connectivity index (χ0) is 23.5. The molecule has 3 heterocycles. The van der Waals surface area contributed by atoms with E-state index in [1.54, 1.807) is 6.20 Å². The monoisotopic (exact) mass is 450 g/mol. The minimum absolute atomic E-state index is 0.0533. The molecular weight excluding hydrogens is 412 g/mol. The van der Waals surface area contributed by atoms with Crippen molar-refractivity contribution in [2.75, 3.05) is 25.0 Å². The van der Waals surface area contributed by atoms with Crippen molar-refractivity contribution in [1.29, 1.82) is 0 Å². The van der Waals surface area contributed by atoms with E-state index in [1.807, 2.05) is 6.07 Å². The molecule has 1 saturated heterocycles. The average molecular weight is 451 g/mol. The number of oxazole rings is 1. The number of carbonyl (C=O) groups is 1. The summed E-state index contributed by atoms with van der Waals surface area (Å²) in [6, 6.07) is 9.77. The third-order valence-electron chi connectivity index (χ3n) is 7.21. The molecule has 1 aliphatic heterocycles. The molecule has 1 aromatic carbocycles. The summed E-state index contributed by atoms with van der Waals surface area (Å²) in [5.74, 6) is 1.33. The third-order valence-corrected chi connectivity index (χ3v) is 7.21. The van der Waals surface area contributed by atoms with Crippen molar-refractivity contribution < 1.29 is 9.21 Å². The molecule has 2 aromatic heterocycles. The van der Waals surface area contributed by atoms with Crippen molar-refractivity contribution >= 4 is 22.7 Å². The number of nitrogens with one attached hydrogen (secondary N) is 1. The van der Waals surface area contributed by atoms with Crippen LogP contribution in [0.25, 0.3) is 10.9 Å². The van der Waals surface area contributed by atoms with Gasteiger partial charge in [0, 0.05) is 48.7 Å². The number of para-hydroxylation sites is 1. The van der Waals surface area contributed by atoms with Crippen molar-refractivity contribution in [3.05, 3.63) is 48.0 Å². The Balaban J connectivity index is 1.45. The maximum Gasteiger partial charge on any atom is 0.297 e. The van der Waals surface area contributed by atoms with Crippen LogP contribution in [0, 0.1) is 11.8 Å². The number of carbonyl (C=O) groups excluding carboxylic acids is 1. The number of rotatable bonds is 9. The van der Waals surface area contributed by atoms with Crippen molar-refractivity contribution in [2.24, 2.45) is 11.8 Å². The predicted molar refractivity (Wildman–Crippen MR) is 134 cm³/mol. The minimum atomic E-state index is 0.0533. The number of anilines is 1. The lowest BCUT2D eigenvalue weighted by molar-refractivity contribution is 0.0929. The number of aromatic amines is 1. The van der Waals surface area contributed by atoms with Gasteiger partial charge in [0.1, 0.15) is 0 Å². The van der Waals surface area contributed by atoms with E-state index in [4.69, 9.17) is 4.42 Å². The van der Waals surface area contributed by atoms with Crippen molar-refractivity contribution in [3.63, 3.8) is 0 Å². The van der Waals surface area contributed by atoms with E-state index in [0.717, 1.165) is 37.9 Å². The number of hydrogen-bond donors (Lipinski definition) is 1. The fourth-order valence-corrected chi connectivity index (χ4v) is 4.92. The standard InChI is InChI=1S/C27H38N4O2/c1-18(2)10-11-21(12-22-14-28-24-9-7-6-8-23(22)24)13-25(32)26-15-29-27(33-26)31-16-19(3)30(5)20(4)17-31/h6-9,14-15,18-21,28H,10-13,16-17H2,1-5H3/t19-,20+,21?. The Labute approximate surface area is 197 Å². The second-order valence-corrected chi connectivity index (χ2v) is 10.3. The lowest BCUT2D eigenvalue weighted by Crippen LogP contribution is -2.55. The first-order valence-electron chi connectivity index (χ1n) is 12.3. The fraction of sp³-hybridized carbons (Fsp3) is 0.556. The van der Waals surface area contributed by atoms with Gasteiger partial charge in [-0.1, -0.05) is 38.5 Å².